The van der Waals surface area contributed by atoms with E-state index in [1.165, 1.54) is 64.6 Å². The highest BCUT2D eigenvalue weighted by atomic mass is 15.1. The largest absolute Gasteiger partial charge is 0.319 e. The van der Waals surface area contributed by atoms with Crippen LogP contribution in [0.5, 0.6) is 0 Å². The summed E-state index contributed by atoms with van der Waals surface area (Å²) in [6.07, 6.45) is 9.73. The summed E-state index contributed by atoms with van der Waals surface area (Å²) in [6.45, 7) is 12.2. The van der Waals surface area contributed by atoms with Crippen molar-refractivity contribution in [3.05, 3.63) is 0 Å². The van der Waals surface area contributed by atoms with E-state index >= 15 is 0 Å². The first-order valence-corrected chi connectivity index (χ1v) is 8.50. The summed E-state index contributed by atoms with van der Waals surface area (Å²) in [7, 11) is 2.09. The van der Waals surface area contributed by atoms with Crippen LogP contribution in [0.25, 0.3) is 0 Å². The second kappa shape index (κ2) is 8.97. The van der Waals surface area contributed by atoms with E-state index in [9.17, 15) is 0 Å². The second-order valence-corrected chi connectivity index (χ2v) is 6.95. The molecular weight excluding hydrogens is 232 g/mol. The SMILES string of the molecule is CCCC1CCCN(CC(C)(CCC)CNC)CC1. The molecule has 0 saturated carbocycles. The Balaban J connectivity index is 2.46. The van der Waals surface area contributed by atoms with E-state index in [4.69, 9.17) is 0 Å². The van der Waals surface area contributed by atoms with Crippen molar-refractivity contribution >= 4 is 0 Å². The molecule has 0 spiro atoms. The lowest BCUT2D eigenvalue weighted by molar-refractivity contribution is 0.154. The summed E-state index contributed by atoms with van der Waals surface area (Å²) in [5, 5.41) is 3.40. The quantitative estimate of drug-likeness (QED) is 0.718. The number of rotatable bonds is 8. The summed E-state index contributed by atoms with van der Waals surface area (Å²) in [6, 6.07) is 0. The van der Waals surface area contributed by atoms with Crippen molar-refractivity contribution in [1.82, 2.24) is 10.2 Å². The van der Waals surface area contributed by atoms with Crippen molar-refractivity contribution in [2.24, 2.45) is 11.3 Å². The highest BCUT2D eigenvalue weighted by Gasteiger charge is 2.27. The molecule has 0 amide bonds. The van der Waals surface area contributed by atoms with E-state index in [-0.39, 0.29) is 0 Å². The van der Waals surface area contributed by atoms with Gasteiger partial charge in [-0.15, -0.1) is 0 Å². The van der Waals surface area contributed by atoms with Crippen LogP contribution in [0.15, 0.2) is 0 Å². The molecule has 2 nitrogen and oxygen atoms in total. The zero-order valence-electron chi connectivity index (χ0n) is 13.8. The van der Waals surface area contributed by atoms with Crippen LogP contribution in [0.4, 0.5) is 0 Å². The van der Waals surface area contributed by atoms with Crippen LogP contribution < -0.4 is 5.32 Å². The normalized spacial score (nSPS) is 24.9. The molecule has 2 heteroatoms. The van der Waals surface area contributed by atoms with Crippen molar-refractivity contribution in [3.63, 3.8) is 0 Å². The van der Waals surface area contributed by atoms with Crippen LogP contribution in [0.1, 0.15) is 65.7 Å². The zero-order valence-corrected chi connectivity index (χ0v) is 13.8. The molecule has 1 aliphatic heterocycles. The van der Waals surface area contributed by atoms with E-state index in [0.717, 1.165) is 12.5 Å². The smallest absolute Gasteiger partial charge is 0.00475 e. The minimum Gasteiger partial charge on any atom is -0.319 e. The molecule has 0 aromatic carbocycles. The molecule has 0 aliphatic carbocycles. The van der Waals surface area contributed by atoms with Gasteiger partial charge < -0.3 is 10.2 Å². The molecule has 0 aromatic rings. The van der Waals surface area contributed by atoms with Gasteiger partial charge in [0.05, 0.1) is 0 Å². The fourth-order valence-corrected chi connectivity index (χ4v) is 3.87. The van der Waals surface area contributed by atoms with Crippen molar-refractivity contribution in [2.75, 3.05) is 33.2 Å². The molecule has 114 valence electrons. The van der Waals surface area contributed by atoms with Crippen LogP contribution >= 0.6 is 0 Å². The lowest BCUT2D eigenvalue weighted by Gasteiger charge is -2.35. The molecular formula is C17H36N2. The molecule has 0 aromatic heterocycles. The Labute approximate surface area is 121 Å². The van der Waals surface area contributed by atoms with Gasteiger partial charge in [-0.2, -0.15) is 0 Å². The third-order valence-corrected chi connectivity index (χ3v) is 4.70. The maximum Gasteiger partial charge on any atom is 0.00475 e. The number of nitrogens with one attached hydrogen (secondary N) is 1. The molecule has 1 rings (SSSR count). The minimum absolute atomic E-state index is 0.452. The summed E-state index contributed by atoms with van der Waals surface area (Å²) < 4.78 is 0. The minimum atomic E-state index is 0.452. The Hall–Kier alpha value is -0.0800. The Morgan fingerprint density at radius 3 is 2.58 bits per heavy atom. The average Bonchev–Trinajstić information content (AvgIpc) is 2.56. The topological polar surface area (TPSA) is 15.3 Å². The molecule has 1 aliphatic rings. The van der Waals surface area contributed by atoms with Gasteiger partial charge in [0.2, 0.25) is 0 Å². The molecule has 2 unspecified atom stereocenters. The van der Waals surface area contributed by atoms with Gasteiger partial charge in [-0.3, -0.25) is 0 Å². The monoisotopic (exact) mass is 268 g/mol. The van der Waals surface area contributed by atoms with Gasteiger partial charge in [-0.25, -0.2) is 0 Å². The van der Waals surface area contributed by atoms with Gasteiger partial charge in [-0.1, -0.05) is 40.0 Å². The van der Waals surface area contributed by atoms with Crippen LogP contribution in [0, 0.1) is 11.3 Å². The number of nitrogens with zero attached hydrogens (tertiary/aromatic N) is 1. The van der Waals surface area contributed by atoms with E-state index in [2.05, 4.69) is 38.0 Å². The predicted octanol–water partition coefficient (Wildman–Crippen LogP) is 3.91. The first kappa shape index (κ1) is 17.0. The first-order chi connectivity index (χ1) is 9.13. The van der Waals surface area contributed by atoms with E-state index < -0.39 is 0 Å². The fourth-order valence-electron chi connectivity index (χ4n) is 3.87. The van der Waals surface area contributed by atoms with Crippen LogP contribution in [0.2, 0.25) is 0 Å². The summed E-state index contributed by atoms with van der Waals surface area (Å²) in [5.74, 6) is 0.997. The molecule has 2 atom stereocenters. The number of likely N-dealkylation sites (tertiary alicyclic amines) is 1. The van der Waals surface area contributed by atoms with Crippen LogP contribution in [-0.2, 0) is 0 Å². The van der Waals surface area contributed by atoms with Crippen LogP contribution in [0.3, 0.4) is 0 Å². The van der Waals surface area contributed by atoms with Gasteiger partial charge in [0.25, 0.3) is 0 Å². The Kier molecular flexibility index (Phi) is 8.01. The highest BCUT2D eigenvalue weighted by molar-refractivity contribution is 4.82. The molecule has 0 radical (unpaired) electrons. The van der Waals surface area contributed by atoms with Gasteiger partial charge >= 0.3 is 0 Å². The lowest BCUT2D eigenvalue weighted by atomic mass is 9.84. The van der Waals surface area contributed by atoms with Crippen molar-refractivity contribution < 1.29 is 0 Å². The second-order valence-electron chi connectivity index (χ2n) is 6.95. The van der Waals surface area contributed by atoms with E-state index in [0.29, 0.717) is 5.41 Å². The molecule has 1 saturated heterocycles. The van der Waals surface area contributed by atoms with Crippen molar-refractivity contribution in [2.45, 2.75) is 65.7 Å². The number of hydrogen-bond acceptors (Lipinski definition) is 2. The van der Waals surface area contributed by atoms with E-state index in [1.54, 1.807) is 0 Å². The first-order valence-electron chi connectivity index (χ1n) is 8.50. The fraction of sp³-hybridized carbons (Fsp3) is 1.00. The average molecular weight is 268 g/mol. The van der Waals surface area contributed by atoms with Crippen molar-refractivity contribution in [3.8, 4) is 0 Å². The molecule has 1 heterocycles. The Bertz CT molecular complexity index is 221. The lowest BCUT2D eigenvalue weighted by Crippen LogP contribution is -2.42. The molecule has 1 N–H and O–H groups in total. The summed E-state index contributed by atoms with van der Waals surface area (Å²) in [4.78, 5) is 2.74. The van der Waals surface area contributed by atoms with Gasteiger partial charge in [0.1, 0.15) is 0 Å². The van der Waals surface area contributed by atoms with E-state index in [1.807, 2.05) is 0 Å². The van der Waals surface area contributed by atoms with Crippen molar-refractivity contribution in [1.29, 1.82) is 0 Å². The highest BCUT2D eigenvalue weighted by Crippen LogP contribution is 2.27. The van der Waals surface area contributed by atoms with Gasteiger partial charge in [0, 0.05) is 13.1 Å². The number of hydrogen-bond donors (Lipinski definition) is 1. The molecule has 0 bridgehead atoms. The van der Waals surface area contributed by atoms with Gasteiger partial charge in [-0.05, 0) is 57.2 Å². The van der Waals surface area contributed by atoms with Gasteiger partial charge in [0.15, 0.2) is 0 Å². The maximum atomic E-state index is 3.40. The Morgan fingerprint density at radius 2 is 1.95 bits per heavy atom. The predicted molar refractivity (Wildman–Crippen MR) is 85.6 cm³/mol. The molecule has 1 fully saturated rings. The van der Waals surface area contributed by atoms with Crippen LogP contribution in [-0.4, -0.2) is 38.1 Å². The third kappa shape index (κ3) is 6.27. The molecule has 19 heavy (non-hydrogen) atoms. The summed E-state index contributed by atoms with van der Waals surface area (Å²) in [5.41, 5.74) is 0.452. The summed E-state index contributed by atoms with van der Waals surface area (Å²) >= 11 is 0. The Morgan fingerprint density at radius 1 is 1.16 bits per heavy atom. The third-order valence-electron chi connectivity index (χ3n) is 4.70. The standard InChI is InChI=1S/C17H36N2/c1-5-8-16-9-7-12-19(13-10-16)15-17(3,11-6-2)14-18-4/h16,18H,5-15H2,1-4H3. The maximum absolute atomic E-state index is 3.40. The zero-order chi connectivity index (χ0) is 14.1.